The van der Waals surface area contributed by atoms with Gasteiger partial charge < -0.3 is 35.1 Å². The molecule has 14 heteroatoms. The number of ether oxygens (including phenoxy) is 3. The molecule has 0 aromatic heterocycles. The fourth-order valence-electron chi connectivity index (χ4n) is 5.77. The van der Waals surface area contributed by atoms with Crippen molar-refractivity contribution in [1.82, 2.24) is 0 Å². The predicted molar refractivity (Wildman–Crippen MR) is 201 cm³/mol. The number of benzene rings is 5. The molecule has 1 atom stereocenters. The molecule has 0 saturated heterocycles. The molecule has 290 valence electrons. The van der Waals surface area contributed by atoms with Gasteiger partial charge >= 0.3 is 12.1 Å². The summed E-state index contributed by atoms with van der Waals surface area (Å²) < 4.78 is 57.6. The summed E-state index contributed by atoms with van der Waals surface area (Å²) in [5.74, 6) is -1.12. The Morgan fingerprint density at radius 3 is 1.64 bits per heavy atom. The first-order valence-electron chi connectivity index (χ1n) is 17.0. The third-order valence-corrected chi connectivity index (χ3v) is 9.19. The van der Waals surface area contributed by atoms with Gasteiger partial charge in [0, 0.05) is 23.8 Å². The van der Waals surface area contributed by atoms with Gasteiger partial charge in [0.25, 0.3) is 12.4 Å². The first-order valence-corrected chi connectivity index (χ1v) is 17.0. The monoisotopic (exact) mass is 770 g/mol. The molecule has 0 bridgehead atoms. The van der Waals surface area contributed by atoms with Crippen LogP contribution in [0.15, 0.2) is 103 Å². The zero-order chi connectivity index (χ0) is 41.0. The molecule has 4 N–H and O–H groups in total. The molecule has 0 radical (unpaired) electrons. The molecule has 0 aliphatic carbocycles. The van der Waals surface area contributed by atoms with Crippen molar-refractivity contribution >= 4 is 35.5 Å². The average molecular weight is 771 g/mol. The molecular weight excluding hydrogens is 733 g/mol. The van der Waals surface area contributed by atoms with Gasteiger partial charge in [-0.2, -0.15) is 13.2 Å². The van der Waals surface area contributed by atoms with Crippen molar-refractivity contribution in [2.24, 2.45) is 0 Å². The van der Waals surface area contributed by atoms with Crippen LogP contribution in [0.4, 0.5) is 24.5 Å². The number of aromatic carboxylic acids is 1. The van der Waals surface area contributed by atoms with Crippen LogP contribution >= 0.6 is 0 Å². The van der Waals surface area contributed by atoms with E-state index in [1.54, 1.807) is 30.3 Å². The summed E-state index contributed by atoms with van der Waals surface area (Å²) in [5.41, 5.74) is -2.85. The highest BCUT2D eigenvalue weighted by Crippen LogP contribution is 2.41. The third kappa shape index (κ3) is 8.82. The van der Waals surface area contributed by atoms with E-state index in [2.05, 4.69) is 10.6 Å². The number of alkyl halides is 3. The van der Waals surface area contributed by atoms with Crippen LogP contribution in [0.25, 0.3) is 0 Å². The number of carbonyl (C=O) groups is 4. The highest BCUT2D eigenvalue weighted by Gasteiger charge is 2.51. The number of rotatable bonds is 14. The molecule has 1 amide bonds. The van der Waals surface area contributed by atoms with Crippen LogP contribution in [-0.2, 0) is 15.8 Å². The van der Waals surface area contributed by atoms with Gasteiger partial charge in [0.1, 0.15) is 28.7 Å². The molecular formula is C42H37F3N2O9. The van der Waals surface area contributed by atoms with Gasteiger partial charge in [0.05, 0.1) is 16.7 Å². The fourth-order valence-corrected chi connectivity index (χ4v) is 5.77. The van der Waals surface area contributed by atoms with Gasteiger partial charge in [0.15, 0.2) is 11.4 Å². The molecule has 0 fully saturated rings. The minimum Gasteiger partial charge on any atom is -0.478 e. The van der Waals surface area contributed by atoms with Gasteiger partial charge in [-0.1, -0.05) is 38.1 Å². The topological polar surface area (TPSA) is 160 Å². The standard InChI is InChI=1S/C42H37F3N2O9/c1-24(49)35-21-33(15-17-37(35)54-23-48)56-31-12-8-26(9-13-31)40(2,3)25-6-10-30(11-7-25)55-32-14-16-34(39(51)52)36(22-32)38(50)47-29-19-27(18-28(20-29)46-5)41(4,53)42(43,44)45/h6-23,46,53H,1-5H3,(H,47,50)(H,51,52). The van der Waals surface area contributed by atoms with E-state index < -0.39 is 34.6 Å². The Balaban J connectivity index is 1.32. The number of aliphatic hydroxyl groups is 1. The molecule has 1 unspecified atom stereocenters. The summed E-state index contributed by atoms with van der Waals surface area (Å²) in [4.78, 5) is 48.2. The smallest absolute Gasteiger partial charge is 0.421 e. The van der Waals surface area contributed by atoms with Crippen molar-refractivity contribution in [3.05, 3.63) is 137 Å². The van der Waals surface area contributed by atoms with Crippen LogP contribution in [0.5, 0.6) is 28.7 Å². The van der Waals surface area contributed by atoms with E-state index in [0.29, 0.717) is 24.2 Å². The highest BCUT2D eigenvalue weighted by molar-refractivity contribution is 6.11. The summed E-state index contributed by atoms with van der Waals surface area (Å²) in [5, 5.41) is 25.2. The Morgan fingerprint density at radius 1 is 0.661 bits per heavy atom. The predicted octanol–water partition coefficient (Wildman–Crippen LogP) is 9.10. The summed E-state index contributed by atoms with van der Waals surface area (Å²) in [6, 6.07) is 26.2. The first kappa shape index (κ1) is 40.5. The van der Waals surface area contributed by atoms with Gasteiger partial charge in [-0.05, 0) is 109 Å². The number of carboxylic acids is 1. The maximum Gasteiger partial charge on any atom is 0.421 e. The van der Waals surface area contributed by atoms with Crippen molar-refractivity contribution in [2.75, 3.05) is 17.7 Å². The van der Waals surface area contributed by atoms with E-state index in [0.717, 1.165) is 23.3 Å². The SMILES string of the molecule is CNc1cc(NC(=O)c2cc(Oc3ccc(C(C)(C)c4ccc(Oc5ccc(OC=O)c(C(C)=O)c5)cc4)cc3)ccc2C(=O)O)cc(C(C)(O)C(F)(F)F)c1. The molecule has 11 nitrogen and oxygen atoms in total. The Morgan fingerprint density at radius 2 is 1.16 bits per heavy atom. The molecule has 0 heterocycles. The zero-order valence-corrected chi connectivity index (χ0v) is 30.8. The summed E-state index contributed by atoms with van der Waals surface area (Å²) in [6.45, 7) is 6.24. The minimum atomic E-state index is -5.02. The second kappa shape index (κ2) is 16.0. The van der Waals surface area contributed by atoms with Crippen LogP contribution in [0, 0.1) is 0 Å². The van der Waals surface area contributed by atoms with E-state index in [9.17, 15) is 42.6 Å². The maximum atomic E-state index is 13.6. The molecule has 5 aromatic rings. The maximum absolute atomic E-state index is 13.6. The number of hydrogen-bond acceptors (Lipinski definition) is 9. The van der Waals surface area contributed by atoms with Crippen molar-refractivity contribution in [1.29, 1.82) is 0 Å². The van der Waals surface area contributed by atoms with E-state index in [1.165, 1.54) is 50.4 Å². The Kier molecular flexibility index (Phi) is 11.6. The van der Waals surface area contributed by atoms with Crippen LogP contribution < -0.4 is 24.8 Å². The number of carbonyl (C=O) groups excluding carboxylic acids is 3. The van der Waals surface area contributed by atoms with E-state index >= 15 is 0 Å². The van der Waals surface area contributed by atoms with E-state index in [-0.39, 0.29) is 51.8 Å². The molecule has 0 saturated carbocycles. The van der Waals surface area contributed by atoms with Crippen LogP contribution in [-0.4, -0.2) is 47.6 Å². The van der Waals surface area contributed by atoms with E-state index in [1.807, 2.05) is 38.1 Å². The lowest BCUT2D eigenvalue weighted by Gasteiger charge is -2.27. The van der Waals surface area contributed by atoms with Crippen molar-refractivity contribution < 1.29 is 56.8 Å². The van der Waals surface area contributed by atoms with Crippen molar-refractivity contribution in [3.63, 3.8) is 0 Å². The summed E-state index contributed by atoms with van der Waals surface area (Å²) in [7, 11) is 1.45. The number of amides is 1. The quantitative estimate of drug-likeness (QED) is 0.0634. The summed E-state index contributed by atoms with van der Waals surface area (Å²) in [6.07, 6.45) is -5.02. The molecule has 0 aliphatic rings. The number of carboxylic acid groups (broad SMARTS) is 1. The molecule has 0 spiro atoms. The Labute approximate surface area is 319 Å². The first-order chi connectivity index (χ1) is 26.3. The van der Waals surface area contributed by atoms with Crippen molar-refractivity contribution in [2.45, 2.75) is 44.9 Å². The number of ketones is 1. The lowest BCUT2D eigenvalue weighted by Crippen LogP contribution is -2.39. The molecule has 0 aliphatic heterocycles. The minimum absolute atomic E-state index is 0.119. The van der Waals surface area contributed by atoms with Crippen molar-refractivity contribution in [3.8, 4) is 28.7 Å². The fraction of sp³-hybridized carbons (Fsp3) is 0.190. The van der Waals surface area contributed by atoms with Crippen LogP contribution in [0.2, 0.25) is 0 Å². The largest absolute Gasteiger partial charge is 0.478 e. The zero-order valence-electron chi connectivity index (χ0n) is 30.8. The Hall–Kier alpha value is -6.67. The second-order valence-corrected chi connectivity index (χ2v) is 13.4. The number of nitrogens with one attached hydrogen (secondary N) is 2. The number of anilines is 2. The van der Waals surface area contributed by atoms with Crippen LogP contribution in [0.1, 0.15) is 75.5 Å². The number of hydrogen-bond donors (Lipinski definition) is 4. The highest BCUT2D eigenvalue weighted by atomic mass is 19.4. The third-order valence-electron chi connectivity index (χ3n) is 9.19. The average Bonchev–Trinajstić information content (AvgIpc) is 3.15. The lowest BCUT2D eigenvalue weighted by atomic mass is 9.78. The number of halogens is 3. The Bertz CT molecular complexity index is 2290. The van der Waals surface area contributed by atoms with Gasteiger partial charge in [0.2, 0.25) is 0 Å². The summed E-state index contributed by atoms with van der Waals surface area (Å²) >= 11 is 0. The van der Waals surface area contributed by atoms with Gasteiger partial charge in [-0.25, -0.2) is 4.79 Å². The van der Waals surface area contributed by atoms with Gasteiger partial charge in [-0.15, -0.1) is 0 Å². The number of Topliss-reactive ketones (excluding diaryl/α,β-unsaturated/α-hetero) is 1. The molecule has 56 heavy (non-hydrogen) atoms. The second-order valence-electron chi connectivity index (χ2n) is 13.4. The molecule has 5 rings (SSSR count). The molecule has 5 aromatic carbocycles. The normalized spacial score (nSPS) is 12.5. The van der Waals surface area contributed by atoms with Crippen LogP contribution in [0.3, 0.4) is 0 Å². The van der Waals surface area contributed by atoms with Gasteiger partial charge in [-0.3, -0.25) is 14.4 Å². The lowest BCUT2D eigenvalue weighted by molar-refractivity contribution is -0.258. The van der Waals surface area contributed by atoms with E-state index in [4.69, 9.17) is 14.2 Å².